The number of ether oxygens (including phenoxy) is 1. The van der Waals surface area contributed by atoms with Gasteiger partial charge in [-0.25, -0.2) is 4.98 Å². The number of aromatic nitrogens is 1. The Morgan fingerprint density at radius 2 is 1.96 bits per heavy atom. The molecule has 5 nitrogen and oxygen atoms in total. The van der Waals surface area contributed by atoms with Gasteiger partial charge >= 0.3 is 5.97 Å². The van der Waals surface area contributed by atoms with Crippen LogP contribution in [0.3, 0.4) is 0 Å². The minimum Gasteiger partial charge on any atom is -0.465 e. The van der Waals surface area contributed by atoms with Crippen LogP contribution in [0.2, 0.25) is 0 Å². The van der Waals surface area contributed by atoms with E-state index in [4.69, 9.17) is 9.72 Å². The Morgan fingerprint density at radius 3 is 2.70 bits per heavy atom. The molecule has 0 radical (unpaired) electrons. The van der Waals surface area contributed by atoms with Gasteiger partial charge in [0, 0.05) is 44.9 Å². The Labute approximate surface area is 136 Å². The van der Waals surface area contributed by atoms with Crippen LogP contribution in [0.25, 0.3) is 10.8 Å². The van der Waals surface area contributed by atoms with Crippen molar-refractivity contribution in [2.75, 3.05) is 44.7 Å². The van der Waals surface area contributed by atoms with Gasteiger partial charge in [-0.2, -0.15) is 0 Å². The molecule has 0 spiro atoms. The summed E-state index contributed by atoms with van der Waals surface area (Å²) in [5, 5.41) is 2.33. The number of hydrogen-bond donors (Lipinski definition) is 0. The van der Waals surface area contributed by atoms with E-state index in [1.54, 1.807) is 0 Å². The predicted octanol–water partition coefficient (Wildman–Crippen LogP) is 2.09. The summed E-state index contributed by atoms with van der Waals surface area (Å²) in [6, 6.07) is 10.4. The molecule has 0 unspecified atom stereocenters. The maximum absolute atomic E-state index is 11.0. The van der Waals surface area contributed by atoms with Crippen LogP contribution < -0.4 is 4.90 Å². The number of carbonyl (C=O) groups excluding carboxylic acids is 1. The standard InChI is InChI=1S/C18H23N3O2/c1-14(22)23-12-7-17-16-6-4-3-5-15(16)13-18(19-17)21-10-8-20(2)9-11-21/h3-6,13H,7-12H2,1-2H3. The number of anilines is 1. The molecule has 1 fully saturated rings. The van der Waals surface area contributed by atoms with E-state index < -0.39 is 0 Å². The molecule has 122 valence electrons. The smallest absolute Gasteiger partial charge is 0.302 e. The van der Waals surface area contributed by atoms with Crippen LogP contribution in [0, 0.1) is 0 Å². The quantitative estimate of drug-likeness (QED) is 0.809. The van der Waals surface area contributed by atoms with Gasteiger partial charge in [-0.05, 0) is 18.5 Å². The second-order valence-electron chi connectivity index (χ2n) is 6.03. The third-order valence-corrected chi connectivity index (χ3v) is 4.28. The number of nitrogens with zero attached hydrogens (tertiary/aromatic N) is 3. The summed E-state index contributed by atoms with van der Waals surface area (Å²) in [6.45, 7) is 5.90. The predicted molar refractivity (Wildman–Crippen MR) is 91.8 cm³/mol. The fourth-order valence-electron chi connectivity index (χ4n) is 2.94. The number of piperazine rings is 1. The van der Waals surface area contributed by atoms with E-state index >= 15 is 0 Å². The molecule has 5 heteroatoms. The van der Waals surface area contributed by atoms with Crippen molar-refractivity contribution in [2.45, 2.75) is 13.3 Å². The van der Waals surface area contributed by atoms with E-state index in [1.165, 1.54) is 12.3 Å². The molecule has 0 saturated carbocycles. The summed E-state index contributed by atoms with van der Waals surface area (Å²) >= 11 is 0. The molecular weight excluding hydrogens is 290 g/mol. The van der Waals surface area contributed by atoms with Gasteiger partial charge in [-0.3, -0.25) is 4.79 Å². The van der Waals surface area contributed by atoms with Gasteiger partial charge in [0.25, 0.3) is 0 Å². The van der Waals surface area contributed by atoms with E-state index in [0.717, 1.165) is 43.1 Å². The molecule has 0 amide bonds. The highest BCUT2D eigenvalue weighted by Gasteiger charge is 2.17. The number of pyridine rings is 1. The average Bonchev–Trinajstić information content (AvgIpc) is 2.55. The van der Waals surface area contributed by atoms with Crippen molar-refractivity contribution >= 4 is 22.6 Å². The summed E-state index contributed by atoms with van der Waals surface area (Å²) in [5.41, 5.74) is 0.998. The van der Waals surface area contributed by atoms with Crippen molar-refractivity contribution in [3.8, 4) is 0 Å². The minimum atomic E-state index is -0.246. The summed E-state index contributed by atoms with van der Waals surface area (Å²) in [6.07, 6.45) is 0.641. The number of hydrogen-bond acceptors (Lipinski definition) is 5. The number of fused-ring (bicyclic) bond motifs is 1. The molecule has 1 aromatic carbocycles. The summed E-state index contributed by atoms with van der Waals surface area (Å²) in [7, 11) is 2.15. The van der Waals surface area contributed by atoms with E-state index in [9.17, 15) is 4.79 Å². The van der Waals surface area contributed by atoms with Gasteiger partial charge in [0.2, 0.25) is 0 Å². The second-order valence-corrected chi connectivity index (χ2v) is 6.03. The number of rotatable bonds is 4. The summed E-state index contributed by atoms with van der Waals surface area (Å²) in [5.74, 6) is 0.777. The van der Waals surface area contributed by atoms with Gasteiger partial charge in [-0.15, -0.1) is 0 Å². The molecule has 3 rings (SSSR count). The van der Waals surface area contributed by atoms with Crippen molar-refractivity contribution in [3.05, 3.63) is 36.0 Å². The van der Waals surface area contributed by atoms with E-state index in [1.807, 2.05) is 12.1 Å². The first-order valence-corrected chi connectivity index (χ1v) is 8.09. The molecule has 1 aromatic heterocycles. The van der Waals surface area contributed by atoms with Gasteiger partial charge in [0.15, 0.2) is 0 Å². The highest BCUT2D eigenvalue weighted by Crippen LogP contribution is 2.24. The van der Waals surface area contributed by atoms with Crippen LogP contribution in [0.15, 0.2) is 30.3 Å². The molecule has 0 aliphatic carbocycles. The zero-order valence-electron chi connectivity index (χ0n) is 13.8. The normalized spacial score (nSPS) is 15.8. The van der Waals surface area contributed by atoms with Crippen molar-refractivity contribution < 1.29 is 9.53 Å². The lowest BCUT2D eigenvalue weighted by Crippen LogP contribution is -2.44. The molecule has 2 aromatic rings. The molecule has 0 N–H and O–H groups in total. The molecule has 0 bridgehead atoms. The van der Waals surface area contributed by atoms with Crippen LogP contribution >= 0.6 is 0 Å². The molecule has 1 saturated heterocycles. The van der Waals surface area contributed by atoms with Crippen LogP contribution in [0.1, 0.15) is 12.6 Å². The highest BCUT2D eigenvalue weighted by atomic mass is 16.5. The second kappa shape index (κ2) is 6.96. The maximum Gasteiger partial charge on any atom is 0.302 e. The van der Waals surface area contributed by atoms with Crippen molar-refractivity contribution in [1.82, 2.24) is 9.88 Å². The van der Waals surface area contributed by atoms with E-state index in [-0.39, 0.29) is 5.97 Å². The third kappa shape index (κ3) is 3.79. The monoisotopic (exact) mass is 313 g/mol. The average molecular weight is 313 g/mol. The van der Waals surface area contributed by atoms with E-state index in [0.29, 0.717) is 13.0 Å². The Bertz CT molecular complexity index is 694. The van der Waals surface area contributed by atoms with Crippen LogP contribution in [-0.2, 0) is 16.0 Å². The highest BCUT2D eigenvalue weighted by molar-refractivity contribution is 5.87. The lowest BCUT2D eigenvalue weighted by atomic mass is 10.1. The zero-order valence-corrected chi connectivity index (χ0v) is 13.8. The van der Waals surface area contributed by atoms with Crippen molar-refractivity contribution in [2.24, 2.45) is 0 Å². The first-order valence-electron chi connectivity index (χ1n) is 8.09. The maximum atomic E-state index is 11.0. The number of esters is 1. The first kappa shape index (κ1) is 15.7. The fourth-order valence-corrected chi connectivity index (χ4v) is 2.94. The van der Waals surface area contributed by atoms with Gasteiger partial charge in [-0.1, -0.05) is 24.3 Å². The Balaban J connectivity index is 1.88. The topological polar surface area (TPSA) is 45.7 Å². The van der Waals surface area contributed by atoms with Gasteiger partial charge < -0.3 is 14.5 Å². The first-order chi connectivity index (χ1) is 11.1. The summed E-state index contributed by atoms with van der Waals surface area (Å²) < 4.78 is 5.09. The number of likely N-dealkylation sites (N-methyl/N-ethyl adjacent to an activating group) is 1. The Kier molecular flexibility index (Phi) is 4.76. The van der Waals surface area contributed by atoms with Gasteiger partial charge in [0.1, 0.15) is 5.82 Å². The molecule has 2 heterocycles. The van der Waals surface area contributed by atoms with Crippen molar-refractivity contribution in [3.63, 3.8) is 0 Å². The molecule has 1 aliphatic rings. The molecule has 23 heavy (non-hydrogen) atoms. The minimum absolute atomic E-state index is 0.246. The van der Waals surface area contributed by atoms with Crippen molar-refractivity contribution in [1.29, 1.82) is 0 Å². The Morgan fingerprint density at radius 1 is 1.22 bits per heavy atom. The van der Waals surface area contributed by atoms with Crippen LogP contribution in [0.4, 0.5) is 5.82 Å². The lowest BCUT2D eigenvalue weighted by molar-refractivity contribution is -0.140. The number of benzene rings is 1. The summed E-state index contributed by atoms with van der Waals surface area (Å²) in [4.78, 5) is 20.5. The van der Waals surface area contributed by atoms with E-state index in [2.05, 4.69) is 35.0 Å². The largest absolute Gasteiger partial charge is 0.465 e. The fraction of sp³-hybridized carbons (Fsp3) is 0.444. The Hall–Kier alpha value is -2.14. The van der Waals surface area contributed by atoms with Gasteiger partial charge in [0.05, 0.1) is 12.3 Å². The van der Waals surface area contributed by atoms with Crippen LogP contribution in [-0.4, -0.2) is 55.7 Å². The molecule has 1 aliphatic heterocycles. The van der Waals surface area contributed by atoms with Crippen LogP contribution in [0.5, 0.6) is 0 Å². The lowest BCUT2D eigenvalue weighted by Gasteiger charge is -2.33. The molecular formula is C18H23N3O2. The SMILES string of the molecule is CC(=O)OCCc1nc(N2CCN(C)CC2)cc2ccccc12. The number of carbonyl (C=O) groups is 1. The third-order valence-electron chi connectivity index (χ3n) is 4.28. The zero-order chi connectivity index (χ0) is 16.2. The molecule has 0 atom stereocenters.